The number of thioether (sulfide) groups is 1. The first kappa shape index (κ1) is 25.7. The van der Waals surface area contributed by atoms with E-state index in [1.807, 2.05) is 30.5 Å². The molecule has 4 aromatic rings. The van der Waals surface area contributed by atoms with Gasteiger partial charge in [-0.05, 0) is 54.1 Å². The highest BCUT2D eigenvalue weighted by Gasteiger charge is 2.30. The fraction of sp³-hybridized carbons (Fsp3) is 0.185. The summed E-state index contributed by atoms with van der Waals surface area (Å²) in [6.45, 7) is 3.99. The van der Waals surface area contributed by atoms with Crippen LogP contribution < -0.4 is 4.74 Å². The molecule has 0 aliphatic heterocycles. The number of benzene rings is 3. The summed E-state index contributed by atoms with van der Waals surface area (Å²) >= 11 is 7.52. The van der Waals surface area contributed by atoms with E-state index in [2.05, 4.69) is 4.98 Å². The molecule has 0 saturated carbocycles. The summed E-state index contributed by atoms with van der Waals surface area (Å²) in [6.07, 6.45) is 1.69. The van der Waals surface area contributed by atoms with Crippen LogP contribution in [0.25, 0.3) is 5.69 Å². The number of methoxy groups -OCH3 is 1. The van der Waals surface area contributed by atoms with Gasteiger partial charge >= 0.3 is 0 Å². The quantitative estimate of drug-likeness (QED) is 0.234. The first-order valence-corrected chi connectivity index (χ1v) is 12.2. The molecule has 0 aliphatic carbocycles. The van der Waals surface area contributed by atoms with Crippen molar-refractivity contribution in [1.82, 2.24) is 9.55 Å². The maximum absolute atomic E-state index is 14.5. The molecule has 4 rings (SSSR count). The summed E-state index contributed by atoms with van der Waals surface area (Å²) in [4.78, 5) is 4.55. The van der Waals surface area contributed by atoms with Crippen molar-refractivity contribution in [2.24, 2.45) is 0 Å². The van der Waals surface area contributed by atoms with Gasteiger partial charge in [0.25, 0.3) is 0 Å². The highest BCUT2D eigenvalue weighted by atomic mass is 35.5. The molecule has 0 saturated heterocycles. The van der Waals surface area contributed by atoms with Crippen molar-refractivity contribution in [1.29, 1.82) is 5.26 Å². The Morgan fingerprint density at radius 2 is 1.72 bits per heavy atom. The van der Waals surface area contributed by atoms with Crippen LogP contribution in [0, 0.1) is 28.8 Å². The van der Waals surface area contributed by atoms with Gasteiger partial charge in [-0.25, -0.2) is 18.2 Å². The van der Waals surface area contributed by atoms with Gasteiger partial charge in [-0.15, -0.1) is 0 Å². The number of nitriles is 1. The summed E-state index contributed by atoms with van der Waals surface area (Å²) in [7, 11) is 1.54. The monoisotopic (exact) mass is 527 g/mol. The number of nitrogens with zero attached hydrogens (tertiary/aromatic N) is 3. The Morgan fingerprint density at radius 3 is 2.31 bits per heavy atom. The lowest BCUT2D eigenvalue weighted by Gasteiger charge is -2.28. The number of ether oxygens (including phenoxy) is 1. The minimum absolute atomic E-state index is 0.0597. The van der Waals surface area contributed by atoms with Crippen molar-refractivity contribution in [2.45, 2.75) is 30.2 Å². The number of imidazole rings is 1. The predicted molar refractivity (Wildman–Crippen MR) is 134 cm³/mol. The molecule has 1 heterocycles. The standard InChI is InChI=1S/C27H21ClF3N3OS/c1-27(2,17-4-9-24(35-3)21(28)12-17)25-14-33-26(34(25)19-7-5-18(29)6-8-19)36-15-20-22(30)10-16(13-32)11-23(20)31/h4-12,14H,15H2,1-3H3. The highest BCUT2D eigenvalue weighted by molar-refractivity contribution is 7.98. The second-order valence-electron chi connectivity index (χ2n) is 8.53. The molecule has 4 nitrogen and oxygen atoms in total. The molecule has 0 aliphatic rings. The Balaban J connectivity index is 1.78. The molecule has 0 fully saturated rings. The number of hydrogen-bond acceptors (Lipinski definition) is 4. The van der Waals surface area contributed by atoms with E-state index in [0.29, 0.717) is 21.6 Å². The smallest absolute Gasteiger partial charge is 0.173 e. The van der Waals surface area contributed by atoms with Crippen molar-refractivity contribution in [3.8, 4) is 17.5 Å². The first-order chi connectivity index (χ1) is 17.1. The van der Waals surface area contributed by atoms with Crippen molar-refractivity contribution in [2.75, 3.05) is 7.11 Å². The van der Waals surface area contributed by atoms with Crippen LogP contribution in [-0.2, 0) is 11.2 Å². The van der Waals surface area contributed by atoms with Gasteiger partial charge in [0.2, 0.25) is 0 Å². The van der Waals surface area contributed by atoms with E-state index in [4.69, 9.17) is 21.6 Å². The Labute approximate surface area is 216 Å². The molecule has 3 aromatic carbocycles. The van der Waals surface area contributed by atoms with Gasteiger partial charge in [0.05, 0.1) is 35.7 Å². The number of aromatic nitrogens is 2. The second-order valence-corrected chi connectivity index (χ2v) is 9.88. The average molecular weight is 528 g/mol. The van der Waals surface area contributed by atoms with Crippen LogP contribution in [0.3, 0.4) is 0 Å². The lowest BCUT2D eigenvalue weighted by Crippen LogP contribution is -2.23. The summed E-state index contributed by atoms with van der Waals surface area (Å²) in [5.41, 5.74) is 1.43. The molecule has 0 bridgehead atoms. The minimum atomic E-state index is -0.799. The molecular weight excluding hydrogens is 507 g/mol. The van der Waals surface area contributed by atoms with E-state index >= 15 is 0 Å². The topological polar surface area (TPSA) is 50.8 Å². The molecule has 36 heavy (non-hydrogen) atoms. The van der Waals surface area contributed by atoms with Crippen LogP contribution in [0.1, 0.15) is 36.2 Å². The molecule has 0 amide bonds. The second kappa shape index (κ2) is 10.3. The maximum atomic E-state index is 14.5. The fourth-order valence-electron chi connectivity index (χ4n) is 3.86. The molecule has 0 radical (unpaired) electrons. The summed E-state index contributed by atoms with van der Waals surface area (Å²) < 4.78 is 49.8. The maximum Gasteiger partial charge on any atom is 0.173 e. The van der Waals surface area contributed by atoms with Crippen molar-refractivity contribution >= 4 is 23.4 Å². The van der Waals surface area contributed by atoms with Crippen molar-refractivity contribution in [3.05, 3.63) is 106 Å². The van der Waals surface area contributed by atoms with E-state index in [0.717, 1.165) is 35.2 Å². The third-order valence-corrected chi connectivity index (χ3v) is 7.22. The molecule has 0 atom stereocenters. The summed E-state index contributed by atoms with van der Waals surface area (Å²) in [6, 6.07) is 15.2. The van der Waals surface area contributed by atoms with Crippen LogP contribution in [0.4, 0.5) is 13.2 Å². The third kappa shape index (κ3) is 4.95. The van der Waals surface area contributed by atoms with Gasteiger partial charge in [-0.1, -0.05) is 43.3 Å². The number of hydrogen-bond donors (Lipinski definition) is 0. The van der Waals surface area contributed by atoms with Crippen LogP contribution >= 0.6 is 23.4 Å². The highest BCUT2D eigenvalue weighted by Crippen LogP contribution is 2.39. The molecule has 1 aromatic heterocycles. The zero-order chi connectivity index (χ0) is 26.0. The van der Waals surface area contributed by atoms with Gasteiger partial charge in [-0.2, -0.15) is 5.26 Å². The molecule has 0 N–H and O–H groups in total. The molecule has 0 unspecified atom stereocenters. The summed E-state index contributed by atoms with van der Waals surface area (Å²) in [5, 5.41) is 9.86. The Hall–Kier alpha value is -3.41. The molecule has 9 heteroatoms. The minimum Gasteiger partial charge on any atom is -0.495 e. The third-order valence-electron chi connectivity index (χ3n) is 5.94. The fourth-order valence-corrected chi connectivity index (χ4v) is 5.13. The Kier molecular flexibility index (Phi) is 7.34. The SMILES string of the molecule is COc1ccc(C(C)(C)c2cnc(SCc3c(F)cc(C#N)cc3F)n2-c2ccc(F)cc2)cc1Cl. The van der Waals surface area contributed by atoms with Crippen molar-refractivity contribution < 1.29 is 17.9 Å². The van der Waals surface area contributed by atoms with Crippen molar-refractivity contribution in [3.63, 3.8) is 0 Å². The van der Waals surface area contributed by atoms with Gasteiger partial charge < -0.3 is 4.74 Å². The van der Waals surface area contributed by atoms with Gasteiger partial charge in [0, 0.05) is 22.4 Å². The van der Waals surface area contributed by atoms with Crippen LogP contribution in [0.15, 0.2) is 66.0 Å². The van der Waals surface area contributed by atoms with Crippen LogP contribution in [-0.4, -0.2) is 16.7 Å². The molecule has 0 spiro atoms. The number of halogens is 4. The predicted octanol–water partition coefficient (Wildman–Crippen LogP) is 7.44. The first-order valence-electron chi connectivity index (χ1n) is 10.8. The average Bonchev–Trinajstić information content (AvgIpc) is 3.28. The Bertz CT molecular complexity index is 1440. The van der Waals surface area contributed by atoms with E-state index < -0.39 is 22.9 Å². The van der Waals surface area contributed by atoms with Gasteiger partial charge in [-0.3, -0.25) is 4.57 Å². The van der Waals surface area contributed by atoms with Gasteiger partial charge in [0.1, 0.15) is 23.2 Å². The zero-order valence-corrected chi connectivity index (χ0v) is 21.2. The molecular formula is C27H21ClF3N3OS. The lowest BCUT2D eigenvalue weighted by atomic mass is 9.81. The number of rotatable bonds is 7. The zero-order valence-electron chi connectivity index (χ0n) is 19.7. The van der Waals surface area contributed by atoms with E-state index in [1.54, 1.807) is 37.6 Å². The van der Waals surface area contributed by atoms with Gasteiger partial charge in [0.15, 0.2) is 5.16 Å². The van der Waals surface area contributed by atoms with E-state index in [9.17, 15) is 13.2 Å². The Morgan fingerprint density at radius 1 is 1.06 bits per heavy atom. The lowest BCUT2D eigenvalue weighted by molar-refractivity contribution is 0.414. The van der Waals surface area contributed by atoms with E-state index in [1.165, 1.54) is 12.1 Å². The van der Waals surface area contributed by atoms with E-state index in [-0.39, 0.29) is 16.9 Å². The normalized spacial score (nSPS) is 11.4. The summed E-state index contributed by atoms with van der Waals surface area (Å²) in [5.74, 6) is -1.50. The largest absolute Gasteiger partial charge is 0.495 e. The van der Waals surface area contributed by atoms with Crippen LogP contribution in [0.2, 0.25) is 5.02 Å². The molecule has 184 valence electrons. The van der Waals surface area contributed by atoms with Crippen LogP contribution in [0.5, 0.6) is 5.75 Å².